The molecule has 2 N–H and O–H groups in total. The van der Waals surface area contributed by atoms with Crippen molar-refractivity contribution in [3.05, 3.63) is 34.4 Å². The molecule has 2 rings (SSSR count). The number of carbonyl (C=O) groups excluding carboxylic acids is 1. The number of amides is 1. The fourth-order valence-electron chi connectivity index (χ4n) is 2.07. The van der Waals surface area contributed by atoms with Crippen molar-refractivity contribution >= 4 is 29.7 Å². The number of rotatable bonds is 4. The highest BCUT2D eigenvalue weighted by Crippen LogP contribution is 2.29. The molecule has 0 radical (unpaired) electrons. The highest BCUT2D eigenvalue weighted by atomic mass is 35.5. The third-order valence-corrected chi connectivity index (χ3v) is 3.17. The van der Waals surface area contributed by atoms with E-state index < -0.39 is 12.0 Å². The Bertz CT molecular complexity index is 546. The largest absolute Gasteiger partial charge is 0.480 e. The van der Waals surface area contributed by atoms with Gasteiger partial charge in [0, 0.05) is 24.6 Å². The van der Waals surface area contributed by atoms with E-state index in [1.54, 1.807) is 18.4 Å². The lowest BCUT2D eigenvalue weighted by atomic mass is 9.96. The normalized spacial score (nSPS) is 22.0. The monoisotopic (exact) mass is 280 g/mol. The van der Waals surface area contributed by atoms with Gasteiger partial charge in [-0.25, -0.2) is 4.79 Å². The molecule has 0 aromatic carbocycles. The zero-order valence-electron chi connectivity index (χ0n) is 10.3. The fraction of sp³-hybridized carbons (Fsp3) is 0.308. The minimum atomic E-state index is -1.06. The first kappa shape index (κ1) is 13.5. The van der Waals surface area contributed by atoms with Crippen molar-refractivity contribution < 1.29 is 14.7 Å². The van der Waals surface area contributed by atoms with Gasteiger partial charge in [0.25, 0.3) is 0 Å². The van der Waals surface area contributed by atoms with E-state index in [1.807, 2.05) is 6.08 Å². The van der Waals surface area contributed by atoms with E-state index >= 15 is 0 Å². The number of hydrogen-bond donors (Lipinski definition) is 2. The molecule has 1 aliphatic carbocycles. The standard InChI is InChI=1S/C13H13ClN2O3/c1-7(17)16-12(13(18)19)4-8-6-15-11-5-9(14)2-3-10(8)11/h2-3,5-6,11-12H,4H2,1H3,(H,16,17)(H,18,19). The lowest BCUT2D eigenvalue weighted by Crippen LogP contribution is -2.40. The molecule has 5 nitrogen and oxygen atoms in total. The van der Waals surface area contributed by atoms with Gasteiger partial charge in [-0.15, -0.1) is 0 Å². The highest BCUT2D eigenvalue weighted by molar-refractivity contribution is 6.31. The average Bonchev–Trinajstić information content (AvgIpc) is 2.70. The van der Waals surface area contributed by atoms with E-state index in [9.17, 15) is 9.59 Å². The predicted molar refractivity (Wildman–Crippen MR) is 72.2 cm³/mol. The number of nitrogens with zero attached hydrogens (tertiary/aromatic N) is 1. The summed E-state index contributed by atoms with van der Waals surface area (Å²) in [5.41, 5.74) is 1.74. The van der Waals surface area contributed by atoms with E-state index in [0.717, 1.165) is 11.1 Å². The lowest BCUT2D eigenvalue weighted by molar-refractivity contribution is -0.141. The molecule has 100 valence electrons. The van der Waals surface area contributed by atoms with Crippen LogP contribution >= 0.6 is 11.6 Å². The third-order valence-electron chi connectivity index (χ3n) is 2.92. The van der Waals surface area contributed by atoms with Crippen LogP contribution in [0.5, 0.6) is 0 Å². The van der Waals surface area contributed by atoms with Crippen LogP contribution in [0.2, 0.25) is 0 Å². The zero-order valence-corrected chi connectivity index (χ0v) is 11.0. The molecule has 2 unspecified atom stereocenters. The molecule has 0 aromatic rings. The van der Waals surface area contributed by atoms with Gasteiger partial charge in [0.15, 0.2) is 0 Å². The topological polar surface area (TPSA) is 78.8 Å². The summed E-state index contributed by atoms with van der Waals surface area (Å²) in [6.45, 7) is 1.29. The minimum Gasteiger partial charge on any atom is -0.480 e. The van der Waals surface area contributed by atoms with Crippen LogP contribution in [0.15, 0.2) is 39.4 Å². The maximum Gasteiger partial charge on any atom is 0.326 e. The van der Waals surface area contributed by atoms with Crippen LogP contribution in [0.4, 0.5) is 0 Å². The summed E-state index contributed by atoms with van der Waals surface area (Å²) >= 11 is 5.88. The number of aliphatic imine (C=N–C) groups is 1. The van der Waals surface area contributed by atoms with Crippen LogP contribution in [-0.2, 0) is 9.59 Å². The smallest absolute Gasteiger partial charge is 0.326 e. The van der Waals surface area contributed by atoms with Crippen LogP contribution in [0, 0.1) is 0 Å². The van der Waals surface area contributed by atoms with E-state index in [-0.39, 0.29) is 18.4 Å². The molecule has 2 aliphatic rings. The Balaban J connectivity index is 2.17. The first-order valence-electron chi connectivity index (χ1n) is 5.79. The quantitative estimate of drug-likeness (QED) is 0.817. The van der Waals surface area contributed by atoms with Crippen molar-refractivity contribution in [2.45, 2.75) is 25.4 Å². The number of aliphatic carboxylic acids is 1. The maximum atomic E-state index is 11.1. The average molecular weight is 281 g/mol. The molecule has 1 aliphatic heterocycles. The van der Waals surface area contributed by atoms with Gasteiger partial charge in [-0.05, 0) is 23.3 Å². The minimum absolute atomic E-state index is 0.140. The Kier molecular flexibility index (Phi) is 3.85. The number of hydrogen-bond acceptors (Lipinski definition) is 3. The summed E-state index contributed by atoms with van der Waals surface area (Å²) in [4.78, 5) is 26.4. The van der Waals surface area contributed by atoms with Gasteiger partial charge in [0.2, 0.25) is 5.91 Å². The number of halogens is 1. The van der Waals surface area contributed by atoms with Crippen LogP contribution in [0.3, 0.4) is 0 Å². The predicted octanol–water partition coefficient (Wildman–Crippen LogP) is 1.41. The van der Waals surface area contributed by atoms with E-state index in [2.05, 4.69) is 10.3 Å². The van der Waals surface area contributed by atoms with Crippen molar-refractivity contribution in [3.8, 4) is 0 Å². The number of nitrogens with one attached hydrogen (secondary N) is 1. The zero-order chi connectivity index (χ0) is 14.0. The summed E-state index contributed by atoms with van der Waals surface area (Å²) in [5, 5.41) is 12.1. The second-order valence-electron chi connectivity index (χ2n) is 4.38. The molecule has 0 saturated heterocycles. The maximum absolute atomic E-state index is 11.1. The van der Waals surface area contributed by atoms with Crippen LogP contribution in [-0.4, -0.2) is 35.3 Å². The molecule has 6 heteroatoms. The van der Waals surface area contributed by atoms with Gasteiger partial charge in [0.1, 0.15) is 6.04 Å². The first-order valence-corrected chi connectivity index (χ1v) is 6.16. The summed E-state index contributed by atoms with van der Waals surface area (Å²) in [7, 11) is 0. The SMILES string of the molecule is CC(=O)NC(CC1=C2C=CC(Cl)=CC2N=C1)C(=O)O. The first-order chi connectivity index (χ1) is 8.97. The van der Waals surface area contributed by atoms with Gasteiger partial charge in [0.05, 0.1) is 6.04 Å². The Morgan fingerprint density at radius 1 is 1.53 bits per heavy atom. The molecule has 2 atom stereocenters. The molecule has 0 spiro atoms. The van der Waals surface area contributed by atoms with E-state index in [0.29, 0.717) is 5.03 Å². The molecular weight excluding hydrogens is 268 g/mol. The van der Waals surface area contributed by atoms with Crippen molar-refractivity contribution in [2.24, 2.45) is 4.99 Å². The Morgan fingerprint density at radius 2 is 2.26 bits per heavy atom. The fourth-order valence-corrected chi connectivity index (χ4v) is 2.25. The van der Waals surface area contributed by atoms with Crippen molar-refractivity contribution in [3.63, 3.8) is 0 Å². The molecule has 0 saturated carbocycles. The number of carboxylic acid groups (broad SMARTS) is 1. The second kappa shape index (κ2) is 5.40. The van der Waals surface area contributed by atoms with Gasteiger partial charge in [-0.1, -0.05) is 17.7 Å². The number of allylic oxidation sites excluding steroid dienone is 2. The lowest BCUT2D eigenvalue weighted by Gasteiger charge is -2.15. The van der Waals surface area contributed by atoms with Crippen LogP contribution < -0.4 is 5.32 Å². The Hall–Kier alpha value is -1.88. The Labute approximate surface area is 115 Å². The van der Waals surface area contributed by atoms with Gasteiger partial charge in [-0.2, -0.15) is 0 Å². The summed E-state index contributed by atoms with van der Waals surface area (Å²) in [5.74, 6) is -1.43. The molecule has 1 amide bonds. The summed E-state index contributed by atoms with van der Waals surface area (Å²) < 4.78 is 0. The molecule has 1 heterocycles. The third kappa shape index (κ3) is 3.12. The Morgan fingerprint density at radius 3 is 2.89 bits per heavy atom. The van der Waals surface area contributed by atoms with Crippen molar-refractivity contribution in [1.82, 2.24) is 5.32 Å². The van der Waals surface area contributed by atoms with Gasteiger partial charge in [-0.3, -0.25) is 9.79 Å². The summed E-state index contributed by atoms with van der Waals surface area (Å²) in [6, 6.07) is -1.08. The molecule has 0 fully saturated rings. The summed E-state index contributed by atoms with van der Waals surface area (Å²) in [6.07, 6.45) is 7.24. The van der Waals surface area contributed by atoms with Gasteiger partial charge < -0.3 is 10.4 Å². The van der Waals surface area contributed by atoms with E-state index in [1.165, 1.54) is 6.92 Å². The second-order valence-corrected chi connectivity index (χ2v) is 4.82. The van der Waals surface area contributed by atoms with Crippen LogP contribution in [0.25, 0.3) is 0 Å². The number of fused-ring (bicyclic) bond motifs is 1. The van der Waals surface area contributed by atoms with Crippen LogP contribution in [0.1, 0.15) is 13.3 Å². The molecular formula is C13H13ClN2O3. The molecule has 0 bridgehead atoms. The van der Waals surface area contributed by atoms with Crippen molar-refractivity contribution in [1.29, 1.82) is 0 Å². The molecule has 0 aromatic heterocycles. The number of carbonyl (C=O) groups is 2. The van der Waals surface area contributed by atoms with E-state index in [4.69, 9.17) is 16.7 Å². The van der Waals surface area contributed by atoms with Gasteiger partial charge >= 0.3 is 5.97 Å². The number of carboxylic acids is 1. The highest BCUT2D eigenvalue weighted by Gasteiger charge is 2.26. The van der Waals surface area contributed by atoms with Crippen molar-refractivity contribution in [2.75, 3.05) is 0 Å². The molecule has 19 heavy (non-hydrogen) atoms.